The van der Waals surface area contributed by atoms with E-state index in [0.29, 0.717) is 0 Å². The summed E-state index contributed by atoms with van der Waals surface area (Å²) in [4.78, 5) is 0. The molecule has 1 aromatic carbocycles. The Morgan fingerprint density at radius 1 is 1.29 bits per heavy atom. The van der Waals surface area contributed by atoms with Crippen molar-refractivity contribution in [2.24, 2.45) is 0 Å². The highest BCUT2D eigenvalue weighted by Gasteiger charge is 2.10. The van der Waals surface area contributed by atoms with Gasteiger partial charge in [-0.05, 0) is 12.1 Å². The van der Waals surface area contributed by atoms with Crippen LogP contribution in [0.1, 0.15) is 0 Å². The van der Waals surface area contributed by atoms with Gasteiger partial charge >= 0.3 is 0 Å². The van der Waals surface area contributed by atoms with Gasteiger partial charge in [0.25, 0.3) is 0 Å². The van der Waals surface area contributed by atoms with E-state index in [4.69, 9.17) is 5.73 Å². The normalized spacial score (nSPS) is 15.7. The van der Waals surface area contributed by atoms with Crippen molar-refractivity contribution in [3.63, 3.8) is 0 Å². The van der Waals surface area contributed by atoms with Crippen LogP contribution in [0.25, 0.3) is 12.2 Å². The molecule has 70 valence electrons. The van der Waals surface area contributed by atoms with Crippen molar-refractivity contribution in [1.82, 2.24) is 0 Å². The lowest BCUT2D eigenvalue weighted by atomic mass is 10.1. The number of anilines is 3. The van der Waals surface area contributed by atoms with Crippen LogP contribution in [-0.2, 0) is 0 Å². The molecule has 1 aromatic rings. The second-order valence-electron chi connectivity index (χ2n) is 3.47. The summed E-state index contributed by atoms with van der Waals surface area (Å²) in [6.45, 7) is 0.892. The molecule has 0 saturated heterocycles. The number of allylic oxidation sites excluding steroid dienone is 1. The summed E-state index contributed by atoms with van der Waals surface area (Å²) >= 11 is 0. The second kappa shape index (κ2) is 2.54. The van der Waals surface area contributed by atoms with E-state index in [9.17, 15) is 0 Å². The van der Waals surface area contributed by atoms with Crippen LogP contribution in [0.3, 0.4) is 0 Å². The van der Waals surface area contributed by atoms with Gasteiger partial charge in [-0.3, -0.25) is 0 Å². The van der Waals surface area contributed by atoms with E-state index >= 15 is 0 Å². The third-order valence-electron chi connectivity index (χ3n) is 2.62. The summed E-state index contributed by atoms with van der Waals surface area (Å²) in [6.07, 6.45) is 8.16. The fraction of sp³-hybridized carbons (Fsp3) is 0.0909. The maximum atomic E-state index is 5.94. The quantitative estimate of drug-likeness (QED) is 0.506. The monoisotopic (exact) mass is 185 g/mol. The molecular weight excluding hydrogens is 174 g/mol. The van der Waals surface area contributed by atoms with Crippen LogP contribution in [0, 0.1) is 0 Å². The van der Waals surface area contributed by atoms with E-state index < -0.39 is 0 Å². The van der Waals surface area contributed by atoms with Crippen LogP contribution in [0.4, 0.5) is 17.1 Å². The maximum absolute atomic E-state index is 5.94. The average Bonchev–Trinajstić information content (AvgIpc) is 2.66. The number of benzene rings is 1. The predicted molar refractivity (Wildman–Crippen MR) is 60.3 cm³/mol. The molecule has 0 saturated carbocycles. The number of rotatable bonds is 0. The van der Waals surface area contributed by atoms with E-state index in [-0.39, 0.29) is 0 Å². The number of hydrogen-bond acceptors (Lipinski definition) is 3. The minimum atomic E-state index is 0.794. The molecule has 3 nitrogen and oxygen atoms in total. The summed E-state index contributed by atoms with van der Waals surface area (Å²) in [6, 6.07) is 1.98. The highest BCUT2D eigenvalue weighted by Crippen LogP contribution is 2.18. The Labute approximate surface area is 81.6 Å². The Morgan fingerprint density at radius 3 is 3.14 bits per heavy atom. The molecule has 3 rings (SSSR count). The molecule has 0 aliphatic carbocycles. The van der Waals surface area contributed by atoms with Gasteiger partial charge < -0.3 is 16.4 Å². The number of nitrogen functional groups attached to an aromatic ring is 1. The SMILES string of the molecule is Nc1cc2c(c3c1NC=CC=3)=CCN2. The predicted octanol–water partition coefficient (Wildman–Crippen LogP) is 0.194. The average molecular weight is 185 g/mol. The maximum Gasteiger partial charge on any atom is 0.0694 e. The van der Waals surface area contributed by atoms with Crippen molar-refractivity contribution in [2.45, 2.75) is 0 Å². The summed E-state index contributed by atoms with van der Waals surface area (Å²) in [7, 11) is 0. The minimum absolute atomic E-state index is 0.794. The third kappa shape index (κ3) is 0.865. The number of nitrogens with one attached hydrogen (secondary N) is 2. The van der Waals surface area contributed by atoms with Gasteiger partial charge in [0.05, 0.1) is 11.4 Å². The fourth-order valence-corrected chi connectivity index (χ4v) is 1.98. The zero-order chi connectivity index (χ0) is 9.54. The topological polar surface area (TPSA) is 50.1 Å². The Hall–Kier alpha value is -1.90. The third-order valence-corrected chi connectivity index (χ3v) is 2.62. The zero-order valence-electron chi connectivity index (χ0n) is 7.67. The molecule has 2 aliphatic rings. The first kappa shape index (κ1) is 7.50. The van der Waals surface area contributed by atoms with Gasteiger partial charge in [-0.1, -0.05) is 12.2 Å². The first-order valence-corrected chi connectivity index (χ1v) is 4.66. The highest BCUT2D eigenvalue weighted by molar-refractivity contribution is 5.79. The lowest BCUT2D eigenvalue weighted by Crippen LogP contribution is -2.29. The van der Waals surface area contributed by atoms with Crippen molar-refractivity contribution in [3.8, 4) is 0 Å². The molecular formula is C11H11N3. The molecule has 0 unspecified atom stereocenters. The summed E-state index contributed by atoms with van der Waals surface area (Å²) in [5.74, 6) is 0. The Balaban J connectivity index is 2.50. The Bertz CT molecular complexity index is 541. The van der Waals surface area contributed by atoms with Crippen molar-refractivity contribution >= 4 is 29.2 Å². The summed E-state index contributed by atoms with van der Waals surface area (Å²) in [5.41, 5.74) is 8.89. The number of nitrogens with two attached hydrogens (primary N) is 1. The lowest BCUT2D eigenvalue weighted by Gasteiger charge is -2.11. The van der Waals surface area contributed by atoms with Crippen LogP contribution in [0.15, 0.2) is 18.3 Å². The van der Waals surface area contributed by atoms with E-state index in [0.717, 1.165) is 23.6 Å². The highest BCUT2D eigenvalue weighted by atomic mass is 14.9. The number of hydrogen-bond donors (Lipinski definition) is 3. The molecule has 3 heteroatoms. The molecule has 4 N–H and O–H groups in total. The van der Waals surface area contributed by atoms with Crippen LogP contribution in [-0.4, -0.2) is 6.54 Å². The second-order valence-corrected chi connectivity index (χ2v) is 3.47. The van der Waals surface area contributed by atoms with Crippen LogP contribution in [0.5, 0.6) is 0 Å². The molecule has 0 atom stereocenters. The van der Waals surface area contributed by atoms with Gasteiger partial charge in [-0.25, -0.2) is 0 Å². The Morgan fingerprint density at radius 2 is 2.21 bits per heavy atom. The molecule has 0 aromatic heterocycles. The minimum Gasteiger partial charge on any atom is -0.397 e. The van der Waals surface area contributed by atoms with Gasteiger partial charge in [0, 0.05) is 28.9 Å². The van der Waals surface area contributed by atoms with Crippen LogP contribution in [0.2, 0.25) is 0 Å². The van der Waals surface area contributed by atoms with Gasteiger partial charge in [-0.2, -0.15) is 0 Å². The molecule has 2 heterocycles. The van der Waals surface area contributed by atoms with E-state index in [1.807, 2.05) is 18.3 Å². The zero-order valence-corrected chi connectivity index (χ0v) is 7.67. The van der Waals surface area contributed by atoms with Crippen molar-refractivity contribution in [2.75, 3.05) is 22.9 Å². The molecule has 0 radical (unpaired) electrons. The molecule has 0 fully saturated rings. The van der Waals surface area contributed by atoms with Crippen molar-refractivity contribution < 1.29 is 0 Å². The van der Waals surface area contributed by atoms with E-state index in [1.165, 1.54) is 10.4 Å². The summed E-state index contributed by atoms with van der Waals surface area (Å²) in [5, 5.41) is 8.90. The Kier molecular flexibility index (Phi) is 1.36. The van der Waals surface area contributed by atoms with Crippen LogP contribution < -0.4 is 26.8 Å². The first-order chi connectivity index (χ1) is 6.86. The smallest absolute Gasteiger partial charge is 0.0694 e. The molecule has 0 spiro atoms. The molecule has 0 amide bonds. The van der Waals surface area contributed by atoms with Crippen molar-refractivity contribution in [1.29, 1.82) is 0 Å². The van der Waals surface area contributed by atoms with Gasteiger partial charge in [0.2, 0.25) is 0 Å². The van der Waals surface area contributed by atoms with Gasteiger partial charge in [0.1, 0.15) is 0 Å². The van der Waals surface area contributed by atoms with Crippen molar-refractivity contribution in [3.05, 3.63) is 28.8 Å². The lowest BCUT2D eigenvalue weighted by molar-refractivity contribution is 1.43. The first-order valence-electron chi connectivity index (χ1n) is 4.66. The van der Waals surface area contributed by atoms with Gasteiger partial charge in [-0.15, -0.1) is 0 Å². The molecule has 0 bridgehead atoms. The summed E-state index contributed by atoms with van der Waals surface area (Å²) < 4.78 is 0. The standard InChI is InChI=1S/C11H11N3/c12-9-6-10-7(3-5-13-10)8-2-1-4-14-11(8)9/h1-4,6,13-14H,5,12H2. The fourth-order valence-electron chi connectivity index (χ4n) is 1.98. The number of fused-ring (bicyclic) bond motifs is 3. The van der Waals surface area contributed by atoms with Crippen LogP contribution >= 0.6 is 0 Å². The van der Waals surface area contributed by atoms with Gasteiger partial charge in [0.15, 0.2) is 0 Å². The molecule has 2 aliphatic heterocycles. The largest absolute Gasteiger partial charge is 0.397 e. The van der Waals surface area contributed by atoms with E-state index in [1.54, 1.807) is 0 Å². The molecule has 14 heavy (non-hydrogen) atoms. The van der Waals surface area contributed by atoms with E-state index in [2.05, 4.69) is 22.8 Å².